The highest BCUT2D eigenvalue weighted by molar-refractivity contribution is 5.82. The van der Waals surface area contributed by atoms with Gasteiger partial charge in [0.1, 0.15) is 5.75 Å². The second kappa shape index (κ2) is 10.1. The predicted molar refractivity (Wildman–Crippen MR) is 113 cm³/mol. The Morgan fingerprint density at radius 3 is 2.34 bits per heavy atom. The third-order valence-corrected chi connectivity index (χ3v) is 6.12. The van der Waals surface area contributed by atoms with Gasteiger partial charge in [0.2, 0.25) is 11.8 Å². The number of hydrogen-bond acceptors (Lipinski definition) is 5. The Hall–Kier alpha value is -2.12. The quantitative estimate of drug-likeness (QED) is 0.749. The summed E-state index contributed by atoms with van der Waals surface area (Å²) in [4.78, 5) is 31.6. The average molecular weight is 403 g/mol. The van der Waals surface area contributed by atoms with Gasteiger partial charge in [0.05, 0.1) is 25.7 Å². The number of ether oxygens (including phenoxy) is 1. The van der Waals surface area contributed by atoms with Gasteiger partial charge >= 0.3 is 0 Å². The molecule has 2 heterocycles. The molecule has 1 aromatic rings. The van der Waals surface area contributed by atoms with E-state index in [0.717, 1.165) is 37.5 Å². The zero-order chi connectivity index (χ0) is 20.8. The Labute approximate surface area is 174 Å². The summed E-state index contributed by atoms with van der Waals surface area (Å²) in [5, 5.41) is 3.10. The van der Waals surface area contributed by atoms with Crippen LogP contribution < -0.4 is 10.1 Å². The van der Waals surface area contributed by atoms with Crippen LogP contribution in [0.5, 0.6) is 5.75 Å². The maximum atomic E-state index is 12.8. The van der Waals surface area contributed by atoms with Crippen molar-refractivity contribution in [2.45, 2.75) is 38.8 Å². The highest BCUT2D eigenvalue weighted by Crippen LogP contribution is 2.24. The first-order valence-electron chi connectivity index (χ1n) is 10.7. The van der Waals surface area contributed by atoms with Crippen LogP contribution in [-0.4, -0.2) is 85.5 Å². The molecule has 2 atom stereocenters. The van der Waals surface area contributed by atoms with Crippen molar-refractivity contribution >= 4 is 11.8 Å². The number of rotatable bonds is 7. The van der Waals surface area contributed by atoms with Crippen molar-refractivity contribution in [1.29, 1.82) is 0 Å². The summed E-state index contributed by atoms with van der Waals surface area (Å²) in [5.74, 6) is 0.992. The molecule has 2 fully saturated rings. The second-order valence-electron chi connectivity index (χ2n) is 8.05. The van der Waals surface area contributed by atoms with Crippen molar-refractivity contribution in [1.82, 2.24) is 20.0 Å². The van der Waals surface area contributed by atoms with Gasteiger partial charge in [0.15, 0.2) is 0 Å². The molecule has 1 N–H and O–H groups in total. The molecule has 0 aliphatic carbocycles. The number of piperazine rings is 1. The van der Waals surface area contributed by atoms with Crippen LogP contribution in [0, 0.1) is 0 Å². The van der Waals surface area contributed by atoms with Crippen LogP contribution >= 0.6 is 0 Å². The minimum Gasteiger partial charge on any atom is -0.496 e. The number of carbonyl (C=O) groups excluding carboxylic acids is 2. The maximum absolute atomic E-state index is 12.8. The van der Waals surface area contributed by atoms with Crippen LogP contribution in [0.15, 0.2) is 24.3 Å². The van der Waals surface area contributed by atoms with Gasteiger partial charge in [0.25, 0.3) is 0 Å². The molecule has 2 saturated heterocycles. The first-order valence-corrected chi connectivity index (χ1v) is 10.7. The van der Waals surface area contributed by atoms with E-state index in [1.54, 1.807) is 7.11 Å². The van der Waals surface area contributed by atoms with E-state index in [-0.39, 0.29) is 23.9 Å². The first-order chi connectivity index (χ1) is 14.0. The molecule has 2 aliphatic heterocycles. The van der Waals surface area contributed by atoms with Crippen molar-refractivity contribution < 1.29 is 14.3 Å². The molecular formula is C22H34N4O3. The SMILES string of the molecule is COc1ccccc1C(C)NC(=O)C(C)N1CCN(C(=O)CN2CCCC2)CC1. The fourth-order valence-electron chi connectivity index (χ4n) is 4.19. The zero-order valence-corrected chi connectivity index (χ0v) is 17.9. The molecule has 7 nitrogen and oxygen atoms in total. The molecule has 3 rings (SSSR count). The van der Waals surface area contributed by atoms with Crippen molar-refractivity contribution in [3.05, 3.63) is 29.8 Å². The van der Waals surface area contributed by atoms with Gasteiger partial charge in [-0.1, -0.05) is 18.2 Å². The standard InChI is InChI=1S/C22H34N4O3/c1-17(19-8-4-5-9-20(19)29-3)23-22(28)18(2)25-12-14-26(15-13-25)21(27)16-24-10-6-7-11-24/h4-5,8-9,17-18H,6-7,10-16H2,1-3H3,(H,23,28). The molecule has 0 saturated carbocycles. The maximum Gasteiger partial charge on any atom is 0.237 e. The Morgan fingerprint density at radius 2 is 1.69 bits per heavy atom. The molecule has 2 unspecified atom stereocenters. The topological polar surface area (TPSA) is 65.1 Å². The van der Waals surface area contributed by atoms with E-state index in [1.165, 1.54) is 12.8 Å². The Kier molecular flexibility index (Phi) is 7.50. The number of amides is 2. The number of para-hydroxylation sites is 1. The molecule has 160 valence electrons. The van der Waals surface area contributed by atoms with E-state index in [0.29, 0.717) is 19.6 Å². The largest absolute Gasteiger partial charge is 0.496 e. The molecule has 0 spiro atoms. The summed E-state index contributed by atoms with van der Waals surface area (Å²) in [6, 6.07) is 7.37. The van der Waals surface area contributed by atoms with Gasteiger partial charge in [-0.2, -0.15) is 0 Å². The second-order valence-corrected chi connectivity index (χ2v) is 8.05. The van der Waals surface area contributed by atoms with E-state index >= 15 is 0 Å². The molecule has 29 heavy (non-hydrogen) atoms. The number of hydrogen-bond donors (Lipinski definition) is 1. The summed E-state index contributed by atoms with van der Waals surface area (Å²) in [6.07, 6.45) is 2.39. The van der Waals surface area contributed by atoms with Gasteiger partial charge in [-0.05, 0) is 45.8 Å². The summed E-state index contributed by atoms with van der Waals surface area (Å²) in [5.41, 5.74) is 0.966. The number of nitrogens with one attached hydrogen (secondary N) is 1. The van der Waals surface area contributed by atoms with Crippen LogP contribution in [-0.2, 0) is 9.59 Å². The number of nitrogens with zero attached hydrogens (tertiary/aromatic N) is 3. The third-order valence-electron chi connectivity index (χ3n) is 6.12. The van der Waals surface area contributed by atoms with E-state index in [1.807, 2.05) is 43.0 Å². The molecule has 2 aliphatic rings. The van der Waals surface area contributed by atoms with Crippen LogP contribution in [0.25, 0.3) is 0 Å². The molecule has 0 bridgehead atoms. The van der Waals surface area contributed by atoms with E-state index < -0.39 is 0 Å². The van der Waals surface area contributed by atoms with Crippen molar-refractivity contribution in [3.8, 4) is 5.75 Å². The zero-order valence-electron chi connectivity index (χ0n) is 17.9. The Morgan fingerprint density at radius 1 is 1.03 bits per heavy atom. The lowest BCUT2D eigenvalue weighted by Gasteiger charge is -2.38. The molecule has 0 aromatic heterocycles. The summed E-state index contributed by atoms with van der Waals surface area (Å²) in [6.45, 7) is 9.34. The van der Waals surface area contributed by atoms with Gasteiger partial charge in [-0.15, -0.1) is 0 Å². The van der Waals surface area contributed by atoms with Gasteiger partial charge in [-0.25, -0.2) is 0 Å². The minimum absolute atomic E-state index is 0.000231. The van der Waals surface area contributed by atoms with Gasteiger partial charge < -0.3 is 15.0 Å². The Balaban J connectivity index is 1.47. The monoisotopic (exact) mass is 402 g/mol. The van der Waals surface area contributed by atoms with Gasteiger partial charge in [0, 0.05) is 31.7 Å². The van der Waals surface area contributed by atoms with E-state index in [9.17, 15) is 9.59 Å². The number of likely N-dealkylation sites (tertiary alicyclic amines) is 1. The number of methoxy groups -OCH3 is 1. The molecule has 2 amide bonds. The number of carbonyl (C=O) groups is 2. The van der Waals surface area contributed by atoms with Crippen LogP contribution in [0.4, 0.5) is 0 Å². The lowest BCUT2D eigenvalue weighted by molar-refractivity contribution is -0.135. The fourth-order valence-corrected chi connectivity index (χ4v) is 4.19. The molecule has 0 radical (unpaired) electrons. The van der Waals surface area contributed by atoms with Crippen LogP contribution in [0.1, 0.15) is 38.3 Å². The summed E-state index contributed by atoms with van der Waals surface area (Å²) >= 11 is 0. The highest BCUT2D eigenvalue weighted by Gasteiger charge is 2.29. The van der Waals surface area contributed by atoms with Gasteiger partial charge in [-0.3, -0.25) is 19.4 Å². The highest BCUT2D eigenvalue weighted by atomic mass is 16.5. The van der Waals surface area contributed by atoms with Crippen molar-refractivity contribution in [2.24, 2.45) is 0 Å². The molecular weight excluding hydrogens is 368 g/mol. The number of benzene rings is 1. The van der Waals surface area contributed by atoms with Crippen LogP contribution in [0.2, 0.25) is 0 Å². The average Bonchev–Trinajstić information content (AvgIpc) is 3.26. The van der Waals surface area contributed by atoms with E-state index in [4.69, 9.17) is 4.74 Å². The van der Waals surface area contributed by atoms with Crippen molar-refractivity contribution in [3.63, 3.8) is 0 Å². The molecule has 7 heteroatoms. The third kappa shape index (κ3) is 5.48. The predicted octanol–water partition coefficient (Wildman–Crippen LogP) is 1.50. The van der Waals surface area contributed by atoms with Crippen molar-refractivity contribution in [2.75, 3.05) is 52.9 Å². The normalized spacial score (nSPS) is 20.3. The Bertz CT molecular complexity index is 697. The lowest BCUT2D eigenvalue weighted by atomic mass is 10.1. The summed E-state index contributed by atoms with van der Waals surface area (Å²) in [7, 11) is 1.64. The minimum atomic E-state index is -0.233. The summed E-state index contributed by atoms with van der Waals surface area (Å²) < 4.78 is 5.40. The smallest absolute Gasteiger partial charge is 0.237 e. The fraction of sp³-hybridized carbons (Fsp3) is 0.636. The lowest BCUT2D eigenvalue weighted by Crippen LogP contribution is -2.56. The molecule has 1 aromatic carbocycles. The van der Waals surface area contributed by atoms with E-state index in [2.05, 4.69) is 15.1 Å². The first kappa shape index (κ1) is 21.6. The van der Waals surface area contributed by atoms with Crippen LogP contribution in [0.3, 0.4) is 0 Å².